The third-order valence-corrected chi connectivity index (χ3v) is 7.36. The number of nitrogens with one attached hydrogen (secondary N) is 1. The summed E-state index contributed by atoms with van der Waals surface area (Å²) in [7, 11) is 0. The first kappa shape index (κ1) is 26.0. The highest BCUT2D eigenvalue weighted by molar-refractivity contribution is 5.84. The summed E-state index contributed by atoms with van der Waals surface area (Å²) in [6, 6.07) is 11.6. The van der Waals surface area contributed by atoms with Gasteiger partial charge in [-0.15, -0.1) is 0 Å². The molecule has 2 N–H and O–H groups in total. The van der Waals surface area contributed by atoms with Gasteiger partial charge in [0.15, 0.2) is 6.10 Å². The summed E-state index contributed by atoms with van der Waals surface area (Å²) >= 11 is 0. The molecule has 0 bridgehead atoms. The number of aliphatic hydroxyl groups excluding tert-OH is 1. The van der Waals surface area contributed by atoms with Gasteiger partial charge in [0.1, 0.15) is 11.6 Å². The quantitative estimate of drug-likeness (QED) is 0.493. The van der Waals surface area contributed by atoms with Crippen molar-refractivity contribution in [1.29, 1.82) is 0 Å². The standard InChI is InChI=1S/C28H26F5N3O2/c1-16-22-13-34-36(20-9-7-19(29)8-10-20)24(22)12-17-6-11-21(26(16)17)27(38)35(15-25(37)28(31,32)33)14-18-4-2-3-5-23(18)30/h2-5,7-10,12-13,16,21,25,34,37H,6,11,14-15H2,1H3/t16-,21-,25+/m0/s1. The molecule has 0 aromatic heterocycles. The Hall–Kier alpha value is -3.66. The maximum atomic E-state index is 14.4. The molecular weight excluding hydrogens is 505 g/mol. The van der Waals surface area contributed by atoms with Crippen molar-refractivity contribution in [2.75, 3.05) is 11.6 Å². The molecule has 0 radical (unpaired) electrons. The number of carbonyl (C=O) groups excluding carboxylic acids is 1. The topological polar surface area (TPSA) is 55.8 Å². The number of carbonyl (C=O) groups is 1. The summed E-state index contributed by atoms with van der Waals surface area (Å²) in [6.45, 7) is 0.547. The Labute approximate surface area is 216 Å². The molecular formula is C28H26F5N3O2. The first-order chi connectivity index (χ1) is 18.0. The number of halogens is 5. The third-order valence-electron chi connectivity index (χ3n) is 7.36. The van der Waals surface area contributed by atoms with Crippen LogP contribution in [0.2, 0.25) is 0 Å². The Morgan fingerprint density at radius 3 is 2.55 bits per heavy atom. The second-order valence-electron chi connectivity index (χ2n) is 9.73. The van der Waals surface area contributed by atoms with E-state index >= 15 is 0 Å². The second kappa shape index (κ2) is 9.90. The molecule has 38 heavy (non-hydrogen) atoms. The van der Waals surface area contributed by atoms with Gasteiger partial charge in [-0.1, -0.05) is 25.1 Å². The number of benzene rings is 2. The number of aliphatic hydroxyl groups is 1. The molecule has 10 heteroatoms. The van der Waals surface area contributed by atoms with Gasteiger partial charge in [0.2, 0.25) is 5.91 Å². The lowest BCUT2D eigenvalue weighted by atomic mass is 9.80. The van der Waals surface area contributed by atoms with Gasteiger partial charge in [-0.2, -0.15) is 13.2 Å². The Balaban J connectivity index is 1.45. The monoisotopic (exact) mass is 531 g/mol. The van der Waals surface area contributed by atoms with Crippen molar-refractivity contribution >= 4 is 11.6 Å². The normalized spacial score (nSPS) is 21.4. The van der Waals surface area contributed by atoms with Crippen LogP contribution in [0.3, 0.4) is 0 Å². The molecule has 3 atom stereocenters. The van der Waals surface area contributed by atoms with Crippen LogP contribution < -0.4 is 10.4 Å². The number of hydrogen-bond acceptors (Lipinski definition) is 4. The number of amides is 1. The van der Waals surface area contributed by atoms with Crippen molar-refractivity contribution in [3.8, 4) is 0 Å². The molecule has 1 amide bonds. The molecule has 0 spiro atoms. The average molecular weight is 532 g/mol. The van der Waals surface area contributed by atoms with Crippen molar-refractivity contribution < 1.29 is 31.9 Å². The maximum absolute atomic E-state index is 14.4. The van der Waals surface area contributed by atoms with Crippen molar-refractivity contribution in [2.24, 2.45) is 11.8 Å². The molecule has 0 unspecified atom stereocenters. The van der Waals surface area contributed by atoms with Gasteiger partial charge >= 0.3 is 6.18 Å². The molecule has 5 rings (SSSR count). The molecule has 5 nitrogen and oxygen atoms in total. The highest BCUT2D eigenvalue weighted by Gasteiger charge is 2.44. The number of hydrogen-bond donors (Lipinski definition) is 2. The van der Waals surface area contributed by atoms with E-state index in [9.17, 15) is 31.9 Å². The second-order valence-corrected chi connectivity index (χ2v) is 9.73. The SMILES string of the molecule is C[C@H]1C2=CNN(c3ccc(F)cc3)C2=CC2=C1[C@@H](C(=O)N(Cc1ccccc1F)C[C@@H](O)C(F)(F)F)CC2. The minimum atomic E-state index is -4.92. The Kier molecular flexibility index (Phi) is 6.77. The van der Waals surface area contributed by atoms with Gasteiger partial charge in [-0.3, -0.25) is 9.80 Å². The van der Waals surface area contributed by atoms with Crippen LogP contribution in [0.4, 0.5) is 27.6 Å². The summed E-state index contributed by atoms with van der Waals surface area (Å²) in [5.41, 5.74) is 7.43. The van der Waals surface area contributed by atoms with Gasteiger partial charge in [-0.05, 0) is 60.4 Å². The summed E-state index contributed by atoms with van der Waals surface area (Å²) in [5.74, 6) is -2.50. The molecule has 2 aromatic rings. The van der Waals surface area contributed by atoms with Crippen molar-refractivity contribution in [1.82, 2.24) is 10.3 Å². The average Bonchev–Trinajstić information content (AvgIpc) is 3.49. The summed E-state index contributed by atoms with van der Waals surface area (Å²) in [6.07, 6.45) is -3.00. The van der Waals surface area contributed by atoms with Crippen molar-refractivity contribution in [2.45, 2.75) is 38.6 Å². The fourth-order valence-corrected chi connectivity index (χ4v) is 5.45. The summed E-state index contributed by atoms with van der Waals surface area (Å²) in [5, 5.41) is 11.6. The fraction of sp³-hybridized carbons (Fsp3) is 0.321. The number of nitrogens with zero attached hydrogens (tertiary/aromatic N) is 2. The zero-order valence-corrected chi connectivity index (χ0v) is 20.5. The highest BCUT2D eigenvalue weighted by Crippen LogP contribution is 2.48. The van der Waals surface area contributed by atoms with E-state index in [1.807, 2.05) is 18.0 Å². The van der Waals surface area contributed by atoms with E-state index in [4.69, 9.17) is 0 Å². The number of alkyl halides is 3. The molecule has 1 aliphatic heterocycles. The Bertz CT molecular complexity index is 1330. The van der Waals surface area contributed by atoms with Crippen LogP contribution in [0.1, 0.15) is 25.3 Å². The van der Waals surface area contributed by atoms with Crippen LogP contribution in [-0.2, 0) is 11.3 Å². The van der Waals surface area contributed by atoms with Crippen LogP contribution in [0.5, 0.6) is 0 Å². The van der Waals surface area contributed by atoms with E-state index in [-0.39, 0.29) is 17.3 Å². The number of anilines is 1. The third kappa shape index (κ3) is 4.80. The van der Waals surface area contributed by atoms with Crippen LogP contribution in [-0.4, -0.2) is 34.7 Å². The van der Waals surface area contributed by atoms with Gasteiger partial charge in [0.25, 0.3) is 0 Å². The summed E-state index contributed by atoms with van der Waals surface area (Å²) < 4.78 is 67.5. The van der Waals surface area contributed by atoms with E-state index in [1.165, 1.54) is 30.3 Å². The predicted molar refractivity (Wildman–Crippen MR) is 131 cm³/mol. The van der Waals surface area contributed by atoms with Crippen molar-refractivity contribution in [3.63, 3.8) is 0 Å². The zero-order valence-electron chi connectivity index (χ0n) is 20.5. The van der Waals surface area contributed by atoms with Crippen LogP contribution in [0, 0.1) is 23.5 Å². The smallest absolute Gasteiger partial charge is 0.382 e. The minimum Gasteiger partial charge on any atom is -0.382 e. The number of allylic oxidation sites excluding steroid dienone is 3. The van der Waals surface area contributed by atoms with Crippen LogP contribution in [0.15, 0.2) is 83.2 Å². The van der Waals surface area contributed by atoms with E-state index in [0.29, 0.717) is 12.8 Å². The van der Waals surface area contributed by atoms with E-state index in [0.717, 1.165) is 33.0 Å². The molecule has 3 aliphatic rings. The molecule has 1 heterocycles. The van der Waals surface area contributed by atoms with Crippen LogP contribution >= 0.6 is 0 Å². The molecule has 0 saturated heterocycles. The molecule has 0 saturated carbocycles. The maximum Gasteiger partial charge on any atom is 0.416 e. The van der Waals surface area contributed by atoms with Crippen LogP contribution in [0.25, 0.3) is 0 Å². The Morgan fingerprint density at radius 2 is 1.87 bits per heavy atom. The zero-order chi connectivity index (χ0) is 27.2. The van der Waals surface area contributed by atoms with E-state index < -0.39 is 43.0 Å². The Morgan fingerprint density at radius 1 is 1.16 bits per heavy atom. The van der Waals surface area contributed by atoms with Gasteiger partial charge in [0, 0.05) is 29.8 Å². The fourth-order valence-electron chi connectivity index (χ4n) is 5.45. The lowest BCUT2D eigenvalue weighted by Crippen LogP contribution is -2.46. The first-order valence-electron chi connectivity index (χ1n) is 12.3. The van der Waals surface area contributed by atoms with Gasteiger partial charge in [-0.25, -0.2) is 8.78 Å². The largest absolute Gasteiger partial charge is 0.416 e. The molecule has 0 fully saturated rings. The first-order valence-corrected chi connectivity index (χ1v) is 12.3. The number of rotatable bonds is 6. The summed E-state index contributed by atoms with van der Waals surface area (Å²) in [4.78, 5) is 14.6. The van der Waals surface area contributed by atoms with Gasteiger partial charge in [0.05, 0.1) is 23.8 Å². The number of fused-ring (bicyclic) bond motifs is 1. The number of hydrazine groups is 1. The lowest BCUT2D eigenvalue weighted by Gasteiger charge is -2.33. The highest BCUT2D eigenvalue weighted by atomic mass is 19.4. The molecule has 2 aliphatic carbocycles. The van der Waals surface area contributed by atoms with E-state index in [1.54, 1.807) is 24.4 Å². The van der Waals surface area contributed by atoms with E-state index in [2.05, 4.69) is 5.43 Å². The minimum absolute atomic E-state index is 0.0685. The molecule has 2 aromatic carbocycles. The predicted octanol–water partition coefficient (Wildman–Crippen LogP) is 5.37. The molecule has 200 valence electrons. The van der Waals surface area contributed by atoms with Gasteiger partial charge < -0.3 is 15.4 Å². The lowest BCUT2D eigenvalue weighted by molar-refractivity contribution is -0.209. The van der Waals surface area contributed by atoms with Crippen molar-refractivity contribution in [3.05, 3.63) is 100 Å².